The molecule has 0 radical (unpaired) electrons. The van der Waals surface area contributed by atoms with Gasteiger partial charge < -0.3 is 0 Å². The number of amides is 1. The van der Waals surface area contributed by atoms with Crippen molar-refractivity contribution in [3.05, 3.63) is 30.1 Å². The summed E-state index contributed by atoms with van der Waals surface area (Å²) < 4.78 is 0. The lowest BCUT2D eigenvalue weighted by atomic mass is 9.95. The monoisotopic (exact) mass is 219 g/mol. The Labute approximate surface area is 95.4 Å². The van der Waals surface area contributed by atoms with Crippen LogP contribution < -0.4 is 5.84 Å². The van der Waals surface area contributed by atoms with Crippen LogP contribution in [0.15, 0.2) is 24.5 Å². The average molecular weight is 219 g/mol. The van der Waals surface area contributed by atoms with Gasteiger partial charge in [-0.25, -0.2) is 5.84 Å². The number of pyridine rings is 1. The molecule has 86 valence electrons. The highest BCUT2D eigenvalue weighted by molar-refractivity contribution is 5.93. The smallest absolute Gasteiger partial charge is 0.269 e. The predicted molar refractivity (Wildman–Crippen MR) is 61.5 cm³/mol. The molecule has 1 heterocycles. The fourth-order valence-corrected chi connectivity index (χ4v) is 2.16. The molecule has 0 aromatic carbocycles. The molecule has 2 N–H and O–H groups in total. The summed E-state index contributed by atoms with van der Waals surface area (Å²) in [5.41, 5.74) is 0.565. The summed E-state index contributed by atoms with van der Waals surface area (Å²) >= 11 is 0. The Kier molecular flexibility index (Phi) is 3.51. The molecule has 0 aliphatic heterocycles. The van der Waals surface area contributed by atoms with E-state index in [0.717, 1.165) is 12.8 Å². The Hall–Kier alpha value is -1.42. The first-order chi connectivity index (χ1) is 7.79. The molecule has 0 atom stereocenters. The minimum atomic E-state index is -0.125. The quantitative estimate of drug-likeness (QED) is 0.468. The summed E-state index contributed by atoms with van der Waals surface area (Å²) in [6.45, 7) is 0. The minimum Gasteiger partial charge on any atom is -0.273 e. The van der Waals surface area contributed by atoms with Crippen LogP contribution in [-0.4, -0.2) is 21.9 Å². The molecule has 0 unspecified atom stereocenters. The van der Waals surface area contributed by atoms with Gasteiger partial charge in [-0.2, -0.15) is 0 Å². The van der Waals surface area contributed by atoms with Crippen molar-refractivity contribution in [1.29, 1.82) is 0 Å². The van der Waals surface area contributed by atoms with Crippen LogP contribution in [0.3, 0.4) is 0 Å². The fraction of sp³-hybridized carbons (Fsp3) is 0.500. The molecule has 1 saturated carbocycles. The van der Waals surface area contributed by atoms with Gasteiger partial charge in [-0.1, -0.05) is 19.3 Å². The molecular weight excluding hydrogens is 202 g/mol. The van der Waals surface area contributed by atoms with Crippen molar-refractivity contribution in [3.8, 4) is 0 Å². The molecule has 1 fully saturated rings. The molecular formula is C12H17N3O. The Morgan fingerprint density at radius 3 is 2.75 bits per heavy atom. The first kappa shape index (κ1) is 11.1. The van der Waals surface area contributed by atoms with Gasteiger partial charge in [-0.15, -0.1) is 0 Å². The Bertz CT molecular complexity index is 347. The number of hydrazine groups is 1. The molecule has 4 heteroatoms. The number of nitrogens with two attached hydrogens (primary N) is 1. The van der Waals surface area contributed by atoms with Crippen LogP contribution in [0.1, 0.15) is 42.5 Å². The van der Waals surface area contributed by atoms with Crippen molar-refractivity contribution in [2.45, 2.75) is 38.1 Å². The standard InChI is InChI=1S/C12H17N3O/c13-15(11-6-2-1-3-7-11)12(16)10-5-4-8-14-9-10/h4-5,8-9,11H,1-3,6-7,13H2. The summed E-state index contributed by atoms with van der Waals surface area (Å²) in [4.78, 5) is 15.9. The maximum atomic E-state index is 12.0. The van der Waals surface area contributed by atoms with Gasteiger partial charge in [0.2, 0.25) is 0 Å². The van der Waals surface area contributed by atoms with E-state index in [0.29, 0.717) is 5.56 Å². The van der Waals surface area contributed by atoms with Gasteiger partial charge in [0, 0.05) is 18.4 Å². The summed E-state index contributed by atoms with van der Waals surface area (Å²) in [7, 11) is 0. The molecule has 0 saturated heterocycles. The summed E-state index contributed by atoms with van der Waals surface area (Å²) in [6.07, 6.45) is 8.83. The first-order valence-electron chi connectivity index (χ1n) is 5.77. The Morgan fingerprint density at radius 1 is 1.38 bits per heavy atom. The van der Waals surface area contributed by atoms with Gasteiger partial charge in [-0.3, -0.25) is 14.8 Å². The third kappa shape index (κ3) is 2.39. The predicted octanol–water partition coefficient (Wildman–Crippen LogP) is 1.73. The zero-order valence-corrected chi connectivity index (χ0v) is 9.30. The van der Waals surface area contributed by atoms with Gasteiger partial charge in [0.1, 0.15) is 0 Å². The largest absolute Gasteiger partial charge is 0.273 e. The van der Waals surface area contributed by atoms with Crippen LogP contribution in [0.2, 0.25) is 0 Å². The topological polar surface area (TPSA) is 59.2 Å². The molecule has 4 nitrogen and oxygen atoms in total. The van der Waals surface area contributed by atoms with Gasteiger partial charge in [0.15, 0.2) is 0 Å². The van der Waals surface area contributed by atoms with Gasteiger partial charge >= 0.3 is 0 Å². The van der Waals surface area contributed by atoms with Crippen molar-refractivity contribution in [1.82, 2.24) is 9.99 Å². The third-order valence-corrected chi connectivity index (χ3v) is 3.11. The first-order valence-corrected chi connectivity index (χ1v) is 5.77. The summed E-state index contributed by atoms with van der Waals surface area (Å²) in [6, 6.07) is 3.70. The summed E-state index contributed by atoms with van der Waals surface area (Å²) in [5, 5.41) is 1.39. The second-order valence-electron chi connectivity index (χ2n) is 4.25. The van der Waals surface area contributed by atoms with Crippen LogP contribution in [0.5, 0.6) is 0 Å². The molecule has 1 aromatic heterocycles. The van der Waals surface area contributed by atoms with Crippen molar-refractivity contribution < 1.29 is 4.79 Å². The highest BCUT2D eigenvalue weighted by Crippen LogP contribution is 2.21. The van der Waals surface area contributed by atoms with Crippen molar-refractivity contribution in [2.75, 3.05) is 0 Å². The highest BCUT2D eigenvalue weighted by atomic mass is 16.2. The number of hydrogen-bond acceptors (Lipinski definition) is 3. The SMILES string of the molecule is NN(C(=O)c1cccnc1)C1CCCCC1. The molecule has 2 rings (SSSR count). The van der Waals surface area contributed by atoms with Gasteiger partial charge in [0.05, 0.1) is 5.56 Å². The number of rotatable bonds is 2. The Morgan fingerprint density at radius 2 is 2.12 bits per heavy atom. The van der Waals surface area contributed by atoms with Crippen LogP contribution >= 0.6 is 0 Å². The molecule has 1 aromatic rings. The van der Waals surface area contributed by atoms with Crippen molar-refractivity contribution in [2.24, 2.45) is 5.84 Å². The van der Waals surface area contributed by atoms with Crippen molar-refractivity contribution in [3.63, 3.8) is 0 Å². The van der Waals surface area contributed by atoms with Crippen LogP contribution in [-0.2, 0) is 0 Å². The zero-order chi connectivity index (χ0) is 11.4. The average Bonchev–Trinajstić information content (AvgIpc) is 2.39. The van der Waals surface area contributed by atoms with Crippen molar-refractivity contribution >= 4 is 5.91 Å². The van der Waals surface area contributed by atoms with Crippen LogP contribution in [0.25, 0.3) is 0 Å². The van der Waals surface area contributed by atoms with E-state index in [4.69, 9.17) is 5.84 Å². The maximum absolute atomic E-state index is 12.0. The van der Waals surface area contributed by atoms with Gasteiger partial charge in [-0.05, 0) is 25.0 Å². The second-order valence-corrected chi connectivity index (χ2v) is 4.25. The lowest BCUT2D eigenvalue weighted by Crippen LogP contribution is -2.46. The number of carbonyl (C=O) groups excluding carboxylic acids is 1. The highest BCUT2D eigenvalue weighted by Gasteiger charge is 2.23. The second kappa shape index (κ2) is 5.07. The molecule has 1 amide bonds. The minimum absolute atomic E-state index is 0.125. The Balaban J connectivity index is 2.04. The molecule has 0 spiro atoms. The number of nitrogens with zero attached hydrogens (tertiary/aromatic N) is 2. The van der Waals surface area contributed by atoms with E-state index in [9.17, 15) is 4.79 Å². The number of carbonyl (C=O) groups is 1. The molecule has 16 heavy (non-hydrogen) atoms. The lowest BCUT2D eigenvalue weighted by Gasteiger charge is -2.30. The maximum Gasteiger partial charge on any atom is 0.269 e. The molecule has 1 aliphatic rings. The van der Waals surface area contributed by atoms with Crippen LogP contribution in [0, 0.1) is 0 Å². The normalized spacial score (nSPS) is 17.1. The van der Waals surface area contributed by atoms with E-state index < -0.39 is 0 Å². The van der Waals surface area contributed by atoms with E-state index in [2.05, 4.69) is 4.98 Å². The van der Waals surface area contributed by atoms with E-state index in [1.54, 1.807) is 24.5 Å². The lowest BCUT2D eigenvalue weighted by molar-refractivity contribution is 0.0633. The van der Waals surface area contributed by atoms with E-state index in [1.165, 1.54) is 24.3 Å². The molecule has 0 bridgehead atoms. The zero-order valence-electron chi connectivity index (χ0n) is 9.30. The fourth-order valence-electron chi connectivity index (χ4n) is 2.16. The number of hydrogen-bond donors (Lipinski definition) is 1. The number of aromatic nitrogens is 1. The van der Waals surface area contributed by atoms with E-state index >= 15 is 0 Å². The molecule has 1 aliphatic carbocycles. The van der Waals surface area contributed by atoms with E-state index in [-0.39, 0.29) is 11.9 Å². The van der Waals surface area contributed by atoms with Gasteiger partial charge in [0.25, 0.3) is 5.91 Å². The third-order valence-electron chi connectivity index (χ3n) is 3.11. The van der Waals surface area contributed by atoms with Crippen LogP contribution in [0.4, 0.5) is 0 Å². The van der Waals surface area contributed by atoms with E-state index in [1.807, 2.05) is 0 Å². The summed E-state index contributed by atoms with van der Waals surface area (Å²) in [5.74, 6) is 5.75.